The standard InChI is InChI=1S/C9H15N5O/c1-2-14-6-8(12-13-14)7-5-9(15)11-4-3-10-7/h6-7,10H,2-5H2,1H3,(H,11,15). The summed E-state index contributed by atoms with van der Waals surface area (Å²) in [6, 6.07) is -0.00667. The van der Waals surface area contributed by atoms with E-state index in [1.54, 1.807) is 4.68 Å². The van der Waals surface area contributed by atoms with Crippen LogP contribution in [0.4, 0.5) is 0 Å². The van der Waals surface area contributed by atoms with Gasteiger partial charge in [0.1, 0.15) is 5.69 Å². The number of rotatable bonds is 2. The number of hydrogen-bond donors (Lipinski definition) is 2. The van der Waals surface area contributed by atoms with Crippen molar-refractivity contribution in [3.05, 3.63) is 11.9 Å². The van der Waals surface area contributed by atoms with Crippen molar-refractivity contribution < 1.29 is 4.79 Å². The topological polar surface area (TPSA) is 71.8 Å². The normalized spacial score (nSPS) is 22.2. The maximum atomic E-state index is 11.3. The number of aromatic nitrogens is 3. The van der Waals surface area contributed by atoms with Crippen molar-refractivity contribution in [2.45, 2.75) is 25.9 Å². The van der Waals surface area contributed by atoms with Gasteiger partial charge in [-0.1, -0.05) is 5.21 Å². The van der Waals surface area contributed by atoms with Crippen molar-refractivity contribution in [3.63, 3.8) is 0 Å². The van der Waals surface area contributed by atoms with Crippen LogP contribution < -0.4 is 10.6 Å². The highest BCUT2D eigenvalue weighted by Gasteiger charge is 2.20. The van der Waals surface area contributed by atoms with Crippen molar-refractivity contribution in [2.24, 2.45) is 0 Å². The Balaban J connectivity index is 2.10. The Kier molecular flexibility index (Phi) is 2.96. The van der Waals surface area contributed by atoms with E-state index in [1.807, 2.05) is 13.1 Å². The van der Waals surface area contributed by atoms with Crippen molar-refractivity contribution in [2.75, 3.05) is 13.1 Å². The first kappa shape index (κ1) is 10.1. The molecule has 1 aliphatic rings. The van der Waals surface area contributed by atoms with Crippen molar-refractivity contribution in [1.82, 2.24) is 25.6 Å². The Morgan fingerprint density at radius 1 is 1.60 bits per heavy atom. The predicted molar refractivity (Wildman–Crippen MR) is 54.1 cm³/mol. The Bertz CT molecular complexity index is 348. The third-order valence-corrected chi connectivity index (χ3v) is 2.46. The molecule has 82 valence electrons. The van der Waals surface area contributed by atoms with E-state index in [2.05, 4.69) is 20.9 Å². The molecule has 0 aromatic carbocycles. The second-order valence-corrected chi connectivity index (χ2v) is 3.56. The van der Waals surface area contributed by atoms with E-state index in [9.17, 15) is 4.79 Å². The third-order valence-electron chi connectivity index (χ3n) is 2.46. The van der Waals surface area contributed by atoms with Crippen LogP contribution in [0.15, 0.2) is 6.20 Å². The van der Waals surface area contributed by atoms with Gasteiger partial charge in [0.2, 0.25) is 5.91 Å². The molecule has 1 aliphatic heterocycles. The van der Waals surface area contributed by atoms with Crippen LogP contribution in [0.5, 0.6) is 0 Å². The van der Waals surface area contributed by atoms with E-state index in [1.165, 1.54) is 0 Å². The summed E-state index contributed by atoms with van der Waals surface area (Å²) >= 11 is 0. The molecular weight excluding hydrogens is 194 g/mol. The Morgan fingerprint density at radius 2 is 2.47 bits per heavy atom. The molecule has 0 bridgehead atoms. The van der Waals surface area contributed by atoms with Gasteiger partial charge in [0.05, 0.1) is 12.2 Å². The summed E-state index contributed by atoms with van der Waals surface area (Å²) in [5, 5.41) is 14.1. The average molecular weight is 209 g/mol. The van der Waals surface area contributed by atoms with E-state index < -0.39 is 0 Å². The van der Waals surface area contributed by atoms with E-state index in [-0.39, 0.29) is 11.9 Å². The fraction of sp³-hybridized carbons (Fsp3) is 0.667. The monoisotopic (exact) mass is 209 g/mol. The first-order valence-electron chi connectivity index (χ1n) is 5.19. The van der Waals surface area contributed by atoms with Crippen LogP contribution >= 0.6 is 0 Å². The van der Waals surface area contributed by atoms with Crippen LogP contribution in [0.25, 0.3) is 0 Å². The number of amides is 1. The lowest BCUT2D eigenvalue weighted by Crippen LogP contribution is -2.24. The molecular formula is C9H15N5O. The summed E-state index contributed by atoms with van der Waals surface area (Å²) in [5.74, 6) is 0.0658. The minimum Gasteiger partial charge on any atom is -0.355 e. The molecule has 2 N–H and O–H groups in total. The van der Waals surface area contributed by atoms with Gasteiger partial charge < -0.3 is 10.6 Å². The van der Waals surface area contributed by atoms with E-state index >= 15 is 0 Å². The molecule has 6 heteroatoms. The van der Waals surface area contributed by atoms with Crippen molar-refractivity contribution in [1.29, 1.82) is 0 Å². The Hall–Kier alpha value is -1.43. The van der Waals surface area contributed by atoms with Gasteiger partial charge in [0.25, 0.3) is 0 Å². The zero-order chi connectivity index (χ0) is 10.7. The molecule has 1 aromatic rings. The first-order valence-corrected chi connectivity index (χ1v) is 5.19. The van der Waals surface area contributed by atoms with E-state index in [0.717, 1.165) is 18.8 Å². The number of aryl methyl sites for hydroxylation is 1. The zero-order valence-electron chi connectivity index (χ0n) is 8.73. The molecule has 15 heavy (non-hydrogen) atoms. The van der Waals surface area contributed by atoms with Crippen LogP contribution in [0.1, 0.15) is 25.1 Å². The molecule has 0 saturated carbocycles. The van der Waals surface area contributed by atoms with Gasteiger partial charge in [-0.25, -0.2) is 0 Å². The maximum Gasteiger partial charge on any atom is 0.222 e. The van der Waals surface area contributed by atoms with Gasteiger partial charge in [-0.15, -0.1) is 5.10 Å². The predicted octanol–water partition coefficient (Wildman–Crippen LogP) is -0.551. The van der Waals surface area contributed by atoms with Crippen LogP contribution in [-0.4, -0.2) is 34.0 Å². The van der Waals surface area contributed by atoms with Gasteiger partial charge in [-0.3, -0.25) is 9.48 Å². The number of hydrogen-bond acceptors (Lipinski definition) is 4. The molecule has 1 fully saturated rings. The summed E-state index contributed by atoms with van der Waals surface area (Å²) in [4.78, 5) is 11.3. The molecule has 1 amide bonds. The molecule has 0 spiro atoms. The van der Waals surface area contributed by atoms with Crippen LogP contribution in [0.3, 0.4) is 0 Å². The lowest BCUT2D eigenvalue weighted by Gasteiger charge is -2.09. The highest BCUT2D eigenvalue weighted by Crippen LogP contribution is 2.14. The molecule has 1 atom stereocenters. The van der Waals surface area contributed by atoms with Crippen LogP contribution in [-0.2, 0) is 11.3 Å². The average Bonchev–Trinajstić information content (AvgIpc) is 2.61. The minimum absolute atomic E-state index is 0.00667. The molecule has 6 nitrogen and oxygen atoms in total. The molecule has 1 saturated heterocycles. The lowest BCUT2D eigenvalue weighted by molar-refractivity contribution is -0.121. The summed E-state index contributed by atoms with van der Waals surface area (Å²) in [7, 11) is 0. The van der Waals surface area contributed by atoms with Crippen molar-refractivity contribution >= 4 is 5.91 Å². The molecule has 1 aromatic heterocycles. The maximum absolute atomic E-state index is 11.3. The number of nitrogens with zero attached hydrogens (tertiary/aromatic N) is 3. The summed E-state index contributed by atoms with van der Waals surface area (Å²) in [6.07, 6.45) is 2.32. The zero-order valence-corrected chi connectivity index (χ0v) is 8.73. The molecule has 0 radical (unpaired) electrons. The molecule has 2 rings (SSSR count). The fourth-order valence-corrected chi connectivity index (χ4v) is 1.61. The quantitative estimate of drug-likeness (QED) is 0.685. The molecule has 2 heterocycles. The summed E-state index contributed by atoms with van der Waals surface area (Å²) in [6.45, 7) is 4.25. The summed E-state index contributed by atoms with van der Waals surface area (Å²) in [5.41, 5.74) is 0.842. The Labute approximate surface area is 88.0 Å². The van der Waals surface area contributed by atoms with Gasteiger partial charge in [-0.2, -0.15) is 0 Å². The lowest BCUT2D eigenvalue weighted by atomic mass is 10.1. The van der Waals surface area contributed by atoms with Gasteiger partial charge in [0.15, 0.2) is 0 Å². The molecule has 0 aliphatic carbocycles. The largest absolute Gasteiger partial charge is 0.355 e. The smallest absolute Gasteiger partial charge is 0.222 e. The van der Waals surface area contributed by atoms with Crippen LogP contribution in [0, 0.1) is 0 Å². The van der Waals surface area contributed by atoms with Gasteiger partial charge in [0, 0.05) is 26.1 Å². The number of carbonyl (C=O) groups is 1. The SMILES string of the molecule is CCn1cc(C2CC(=O)NCCN2)nn1. The minimum atomic E-state index is -0.00667. The highest BCUT2D eigenvalue weighted by atomic mass is 16.1. The van der Waals surface area contributed by atoms with Gasteiger partial charge in [-0.05, 0) is 6.92 Å². The Morgan fingerprint density at radius 3 is 3.20 bits per heavy atom. The highest BCUT2D eigenvalue weighted by molar-refractivity contribution is 5.76. The fourth-order valence-electron chi connectivity index (χ4n) is 1.61. The van der Waals surface area contributed by atoms with E-state index in [0.29, 0.717) is 13.0 Å². The van der Waals surface area contributed by atoms with Crippen LogP contribution in [0.2, 0.25) is 0 Å². The van der Waals surface area contributed by atoms with Gasteiger partial charge >= 0.3 is 0 Å². The first-order chi connectivity index (χ1) is 7.29. The number of nitrogens with one attached hydrogen (secondary N) is 2. The summed E-state index contributed by atoms with van der Waals surface area (Å²) < 4.78 is 1.76. The second-order valence-electron chi connectivity index (χ2n) is 3.56. The van der Waals surface area contributed by atoms with Crippen molar-refractivity contribution in [3.8, 4) is 0 Å². The number of carbonyl (C=O) groups excluding carboxylic acids is 1. The third kappa shape index (κ3) is 2.33. The van der Waals surface area contributed by atoms with E-state index in [4.69, 9.17) is 0 Å². The molecule has 1 unspecified atom stereocenters. The second kappa shape index (κ2) is 4.39.